The summed E-state index contributed by atoms with van der Waals surface area (Å²) in [7, 11) is 0. The fourth-order valence-corrected chi connectivity index (χ4v) is 2.76. The van der Waals surface area contributed by atoms with Gasteiger partial charge in [0.2, 0.25) is 12.7 Å². The second kappa shape index (κ2) is 7.25. The lowest BCUT2D eigenvalue weighted by Crippen LogP contribution is -2.31. The number of benzene rings is 2. The molecule has 25 heavy (non-hydrogen) atoms. The van der Waals surface area contributed by atoms with Gasteiger partial charge in [-0.05, 0) is 31.5 Å². The zero-order valence-electron chi connectivity index (χ0n) is 14.2. The van der Waals surface area contributed by atoms with Crippen molar-refractivity contribution in [2.45, 2.75) is 26.3 Å². The summed E-state index contributed by atoms with van der Waals surface area (Å²) in [5.41, 5.74) is 2.47. The Hall–Kier alpha value is -3.02. The predicted molar refractivity (Wildman–Crippen MR) is 93.4 cm³/mol. The summed E-state index contributed by atoms with van der Waals surface area (Å²) < 4.78 is 10.9. The number of carbonyl (C=O) groups excluding carboxylic acids is 1. The summed E-state index contributed by atoms with van der Waals surface area (Å²) in [5, 5.41) is 15.9. The van der Waals surface area contributed by atoms with Crippen LogP contribution in [0.1, 0.15) is 30.5 Å². The molecule has 2 N–H and O–H groups in total. The predicted octanol–water partition coefficient (Wildman–Crippen LogP) is 2.71. The van der Waals surface area contributed by atoms with E-state index in [0.29, 0.717) is 28.3 Å². The SMILES string of the molecule is CC(C)NC(=O)Cc1cc2c(cc1/C(=N/O)c1ccccc1)OCO2. The molecule has 1 aliphatic heterocycles. The molecule has 0 unspecified atom stereocenters. The van der Waals surface area contributed by atoms with Gasteiger partial charge in [-0.3, -0.25) is 4.79 Å². The van der Waals surface area contributed by atoms with Crippen LogP contribution in [0, 0.1) is 0 Å². The molecule has 0 radical (unpaired) electrons. The van der Waals surface area contributed by atoms with Crippen molar-refractivity contribution < 1.29 is 19.5 Å². The fraction of sp³-hybridized carbons (Fsp3) is 0.263. The van der Waals surface area contributed by atoms with Crippen molar-refractivity contribution in [1.82, 2.24) is 5.32 Å². The number of ether oxygens (including phenoxy) is 2. The van der Waals surface area contributed by atoms with Crippen LogP contribution in [0.4, 0.5) is 0 Å². The maximum Gasteiger partial charge on any atom is 0.231 e. The molecule has 0 aliphatic carbocycles. The highest BCUT2D eigenvalue weighted by molar-refractivity contribution is 6.14. The van der Waals surface area contributed by atoms with E-state index in [0.717, 1.165) is 5.56 Å². The number of oxime groups is 1. The first-order valence-electron chi connectivity index (χ1n) is 8.08. The first-order chi connectivity index (χ1) is 12.1. The first-order valence-corrected chi connectivity index (χ1v) is 8.08. The number of hydrogen-bond donors (Lipinski definition) is 2. The highest BCUT2D eigenvalue weighted by atomic mass is 16.7. The molecular weight excluding hydrogens is 320 g/mol. The van der Waals surface area contributed by atoms with E-state index in [-0.39, 0.29) is 25.2 Å². The van der Waals surface area contributed by atoms with Crippen LogP contribution < -0.4 is 14.8 Å². The number of hydrogen-bond acceptors (Lipinski definition) is 5. The third-order valence-electron chi connectivity index (χ3n) is 3.80. The minimum atomic E-state index is -0.111. The molecule has 0 spiro atoms. The van der Waals surface area contributed by atoms with Gasteiger partial charge in [0.25, 0.3) is 0 Å². The number of fused-ring (bicyclic) bond motifs is 1. The van der Waals surface area contributed by atoms with Gasteiger partial charge in [0.15, 0.2) is 11.5 Å². The quantitative estimate of drug-likeness (QED) is 0.498. The summed E-state index contributed by atoms with van der Waals surface area (Å²) in [6.45, 7) is 3.94. The lowest BCUT2D eigenvalue weighted by atomic mass is 9.95. The summed E-state index contributed by atoms with van der Waals surface area (Å²) in [4.78, 5) is 12.2. The molecule has 1 aliphatic rings. The number of nitrogens with zero attached hydrogens (tertiary/aromatic N) is 1. The molecule has 0 saturated carbocycles. The number of amides is 1. The van der Waals surface area contributed by atoms with Gasteiger partial charge in [0.05, 0.1) is 6.42 Å². The van der Waals surface area contributed by atoms with Gasteiger partial charge in [-0.2, -0.15) is 0 Å². The van der Waals surface area contributed by atoms with Gasteiger partial charge in [-0.1, -0.05) is 35.5 Å². The van der Waals surface area contributed by atoms with E-state index < -0.39 is 0 Å². The third kappa shape index (κ3) is 3.74. The van der Waals surface area contributed by atoms with Gasteiger partial charge in [-0.15, -0.1) is 0 Å². The highest BCUT2D eigenvalue weighted by Gasteiger charge is 2.22. The Bertz CT molecular complexity index is 801. The van der Waals surface area contributed by atoms with Crippen molar-refractivity contribution >= 4 is 11.6 Å². The van der Waals surface area contributed by atoms with E-state index in [2.05, 4.69) is 10.5 Å². The van der Waals surface area contributed by atoms with Gasteiger partial charge < -0.3 is 20.0 Å². The maximum atomic E-state index is 12.2. The van der Waals surface area contributed by atoms with E-state index in [1.54, 1.807) is 12.1 Å². The normalized spacial score (nSPS) is 13.2. The molecule has 1 heterocycles. The van der Waals surface area contributed by atoms with Crippen molar-refractivity contribution in [1.29, 1.82) is 0 Å². The number of rotatable bonds is 5. The van der Waals surface area contributed by atoms with E-state index in [9.17, 15) is 10.0 Å². The monoisotopic (exact) mass is 340 g/mol. The highest BCUT2D eigenvalue weighted by Crippen LogP contribution is 2.36. The second-order valence-corrected chi connectivity index (χ2v) is 6.08. The Morgan fingerprint density at radius 1 is 1.20 bits per heavy atom. The molecule has 1 amide bonds. The van der Waals surface area contributed by atoms with Crippen molar-refractivity contribution in [3.05, 3.63) is 59.2 Å². The first kappa shape index (κ1) is 16.8. The van der Waals surface area contributed by atoms with Gasteiger partial charge in [-0.25, -0.2) is 0 Å². The molecule has 3 rings (SSSR count). The summed E-state index contributed by atoms with van der Waals surface area (Å²) in [6.07, 6.45) is 0.149. The van der Waals surface area contributed by atoms with Crippen LogP contribution in [0.3, 0.4) is 0 Å². The van der Waals surface area contributed by atoms with Crippen LogP contribution in [0.2, 0.25) is 0 Å². The summed E-state index contributed by atoms with van der Waals surface area (Å²) in [6, 6.07) is 12.9. The van der Waals surface area contributed by atoms with Crippen LogP contribution in [0.15, 0.2) is 47.6 Å². The van der Waals surface area contributed by atoms with Gasteiger partial charge >= 0.3 is 0 Å². The van der Waals surface area contributed by atoms with Crippen LogP contribution in [0.5, 0.6) is 11.5 Å². The van der Waals surface area contributed by atoms with Crippen molar-refractivity contribution in [2.75, 3.05) is 6.79 Å². The number of carbonyl (C=O) groups is 1. The van der Waals surface area contributed by atoms with Crippen LogP contribution >= 0.6 is 0 Å². The molecule has 0 aromatic heterocycles. The molecular formula is C19H20N2O4. The molecule has 0 bridgehead atoms. The zero-order chi connectivity index (χ0) is 17.8. The average Bonchev–Trinajstić information content (AvgIpc) is 3.03. The molecule has 2 aromatic carbocycles. The van der Waals surface area contributed by atoms with Crippen LogP contribution in [-0.4, -0.2) is 29.7 Å². The molecule has 2 aromatic rings. The van der Waals surface area contributed by atoms with E-state index in [1.807, 2.05) is 44.2 Å². The Balaban J connectivity index is 2.03. The van der Waals surface area contributed by atoms with Gasteiger partial charge in [0.1, 0.15) is 5.71 Å². The van der Waals surface area contributed by atoms with Crippen LogP contribution in [-0.2, 0) is 11.2 Å². The molecule has 130 valence electrons. The van der Waals surface area contributed by atoms with E-state index >= 15 is 0 Å². The average molecular weight is 340 g/mol. The standard InChI is InChI=1S/C19H20N2O4/c1-12(2)20-18(22)9-14-8-16-17(25-11-24-16)10-15(14)19(21-23)13-6-4-3-5-7-13/h3-8,10,12,23H,9,11H2,1-2H3,(H,20,22)/b21-19+. The Morgan fingerprint density at radius 3 is 2.52 bits per heavy atom. The van der Waals surface area contributed by atoms with Crippen molar-refractivity contribution in [2.24, 2.45) is 5.16 Å². The Labute approximate surface area is 146 Å². The van der Waals surface area contributed by atoms with Crippen LogP contribution in [0.25, 0.3) is 0 Å². The maximum absolute atomic E-state index is 12.2. The van der Waals surface area contributed by atoms with Gasteiger partial charge in [0, 0.05) is 17.2 Å². The lowest BCUT2D eigenvalue weighted by molar-refractivity contribution is -0.120. The largest absolute Gasteiger partial charge is 0.454 e. The lowest BCUT2D eigenvalue weighted by Gasteiger charge is -2.14. The molecule has 6 nitrogen and oxygen atoms in total. The third-order valence-corrected chi connectivity index (χ3v) is 3.80. The molecule has 6 heteroatoms. The zero-order valence-corrected chi connectivity index (χ0v) is 14.2. The summed E-state index contributed by atoms with van der Waals surface area (Å²) >= 11 is 0. The minimum Gasteiger partial charge on any atom is -0.454 e. The summed E-state index contributed by atoms with van der Waals surface area (Å²) in [5.74, 6) is 1.04. The minimum absolute atomic E-state index is 0.0464. The van der Waals surface area contributed by atoms with Crippen molar-refractivity contribution in [3.63, 3.8) is 0 Å². The smallest absolute Gasteiger partial charge is 0.231 e. The topological polar surface area (TPSA) is 80.2 Å². The fourth-order valence-electron chi connectivity index (χ4n) is 2.76. The Kier molecular flexibility index (Phi) is 4.88. The van der Waals surface area contributed by atoms with E-state index in [1.165, 1.54) is 0 Å². The Morgan fingerprint density at radius 2 is 1.88 bits per heavy atom. The van der Waals surface area contributed by atoms with Crippen molar-refractivity contribution in [3.8, 4) is 11.5 Å². The second-order valence-electron chi connectivity index (χ2n) is 6.08. The number of nitrogens with one attached hydrogen (secondary N) is 1. The van der Waals surface area contributed by atoms with E-state index in [4.69, 9.17) is 9.47 Å². The molecule has 0 saturated heterocycles. The molecule has 0 atom stereocenters. The molecule has 0 fully saturated rings.